The summed E-state index contributed by atoms with van der Waals surface area (Å²) in [6, 6.07) is 9.45. The second-order valence-electron chi connectivity index (χ2n) is 11.5. The second kappa shape index (κ2) is 10.5. The molecule has 1 unspecified atom stereocenters. The van der Waals surface area contributed by atoms with Crippen molar-refractivity contribution in [2.45, 2.75) is 95.5 Å². The molecule has 0 radical (unpaired) electrons. The molecule has 3 aliphatic carbocycles. The standard InChI is InChI=1S/C26H38BF3N2O3.ClH/c1-5-6-12-25(22(31)33,32-16-26(28,29)30)20(13-17-10-8-7-9-11-17)27-34-21-15-18-14-19(23(18,2)3)24(21,4)35-27;/h7-11,18-21,32H,5-6,12-16H2,1-4H3,(H2,31,33);1H/t18-,19-,20+,21+,24-,25?;/m0./s1. The molecule has 1 heterocycles. The zero-order valence-corrected chi connectivity index (χ0v) is 22.4. The summed E-state index contributed by atoms with van der Waals surface area (Å²) in [7, 11) is -0.842. The normalized spacial score (nSPS) is 31.0. The highest BCUT2D eigenvalue weighted by atomic mass is 35.5. The Kier molecular flexibility index (Phi) is 8.51. The SMILES string of the molecule is CCCCC(NCC(F)(F)F)(C(N)=O)[C@@H](Cc1ccccc1)B1O[C@@H]2C[C@@H]3C[C@@H](C3(C)C)[C@]2(C)O1.Cl. The minimum atomic E-state index is -4.49. The van der Waals surface area contributed by atoms with E-state index in [1.54, 1.807) is 0 Å². The maximum atomic E-state index is 13.4. The lowest BCUT2D eigenvalue weighted by atomic mass is 9.43. The number of alkyl halides is 3. The number of halogens is 4. The maximum Gasteiger partial charge on any atom is 0.463 e. The predicted molar refractivity (Wildman–Crippen MR) is 137 cm³/mol. The molecule has 202 valence electrons. The fourth-order valence-electron chi connectivity index (χ4n) is 6.95. The molecule has 2 bridgehead atoms. The summed E-state index contributed by atoms with van der Waals surface area (Å²) in [6.45, 7) is 7.21. The smallest absolute Gasteiger partial charge is 0.405 e. The van der Waals surface area contributed by atoms with Crippen molar-refractivity contribution in [1.29, 1.82) is 0 Å². The van der Waals surface area contributed by atoms with Crippen LogP contribution >= 0.6 is 12.4 Å². The van der Waals surface area contributed by atoms with Gasteiger partial charge in [-0.2, -0.15) is 13.2 Å². The number of primary amides is 1. The average molecular weight is 531 g/mol. The van der Waals surface area contributed by atoms with Crippen LogP contribution in [-0.2, 0) is 20.5 Å². The van der Waals surface area contributed by atoms with Gasteiger partial charge in [0, 0.05) is 5.82 Å². The molecule has 10 heteroatoms. The predicted octanol–water partition coefficient (Wildman–Crippen LogP) is 5.32. The molecule has 6 atom stereocenters. The fraction of sp³-hybridized carbons (Fsp3) is 0.731. The third kappa shape index (κ3) is 5.18. The summed E-state index contributed by atoms with van der Waals surface area (Å²) in [5, 5.41) is 2.58. The van der Waals surface area contributed by atoms with Gasteiger partial charge in [-0.1, -0.05) is 63.9 Å². The van der Waals surface area contributed by atoms with E-state index in [0.29, 0.717) is 31.1 Å². The van der Waals surface area contributed by atoms with E-state index in [9.17, 15) is 18.0 Å². The Balaban J connectivity index is 0.00000361. The monoisotopic (exact) mass is 530 g/mol. The molecule has 1 aliphatic heterocycles. The van der Waals surface area contributed by atoms with Crippen molar-refractivity contribution >= 4 is 25.4 Å². The van der Waals surface area contributed by atoms with Gasteiger partial charge < -0.3 is 15.0 Å². The quantitative estimate of drug-likeness (QED) is 0.402. The van der Waals surface area contributed by atoms with E-state index in [4.69, 9.17) is 15.0 Å². The van der Waals surface area contributed by atoms with Crippen LogP contribution in [0.15, 0.2) is 30.3 Å². The Hall–Kier alpha value is -1.29. The number of hydrogen-bond acceptors (Lipinski definition) is 4. The lowest BCUT2D eigenvalue weighted by Gasteiger charge is -2.64. The zero-order chi connectivity index (χ0) is 25.6. The van der Waals surface area contributed by atoms with Crippen LogP contribution in [0.2, 0.25) is 5.82 Å². The van der Waals surface area contributed by atoms with Gasteiger partial charge in [0.15, 0.2) is 0 Å². The zero-order valence-electron chi connectivity index (χ0n) is 21.6. The summed E-state index contributed by atoms with van der Waals surface area (Å²) < 4.78 is 53.4. The largest absolute Gasteiger partial charge is 0.463 e. The second-order valence-corrected chi connectivity index (χ2v) is 11.5. The topological polar surface area (TPSA) is 73.6 Å². The van der Waals surface area contributed by atoms with E-state index in [1.807, 2.05) is 37.3 Å². The number of amides is 1. The molecule has 4 fully saturated rings. The number of unbranched alkanes of at least 4 members (excludes halogenated alkanes) is 1. The third-order valence-electron chi connectivity index (χ3n) is 9.20. The number of hydrogen-bond donors (Lipinski definition) is 2. The highest BCUT2D eigenvalue weighted by Crippen LogP contribution is 2.66. The van der Waals surface area contributed by atoms with Gasteiger partial charge in [-0.15, -0.1) is 12.4 Å². The summed E-state index contributed by atoms with van der Waals surface area (Å²) >= 11 is 0. The van der Waals surface area contributed by atoms with Crippen LogP contribution in [0, 0.1) is 17.3 Å². The van der Waals surface area contributed by atoms with Crippen LogP contribution in [0.1, 0.15) is 65.4 Å². The highest BCUT2D eigenvalue weighted by Gasteiger charge is 2.69. The van der Waals surface area contributed by atoms with Gasteiger partial charge in [-0.3, -0.25) is 10.1 Å². The summed E-state index contributed by atoms with van der Waals surface area (Å²) in [5.41, 5.74) is 4.78. The van der Waals surface area contributed by atoms with Crippen molar-refractivity contribution in [2.24, 2.45) is 23.0 Å². The number of carbonyl (C=O) groups is 1. The molecule has 0 aromatic heterocycles. The number of nitrogens with two attached hydrogens (primary N) is 1. The molecule has 36 heavy (non-hydrogen) atoms. The van der Waals surface area contributed by atoms with Crippen molar-refractivity contribution in [3.63, 3.8) is 0 Å². The molecule has 4 aliphatic rings. The lowest BCUT2D eigenvalue weighted by Crippen LogP contribution is -2.65. The van der Waals surface area contributed by atoms with E-state index < -0.39 is 42.7 Å². The van der Waals surface area contributed by atoms with Gasteiger partial charge in [0.1, 0.15) is 0 Å². The van der Waals surface area contributed by atoms with Crippen LogP contribution in [0.3, 0.4) is 0 Å². The highest BCUT2D eigenvalue weighted by molar-refractivity contribution is 6.48. The first-order chi connectivity index (χ1) is 16.3. The van der Waals surface area contributed by atoms with Crippen molar-refractivity contribution in [2.75, 3.05) is 6.54 Å². The number of rotatable bonds is 10. The Bertz CT molecular complexity index is 921. The fourth-order valence-corrected chi connectivity index (χ4v) is 6.95. The molecule has 1 amide bonds. The van der Waals surface area contributed by atoms with E-state index in [2.05, 4.69) is 26.1 Å². The van der Waals surface area contributed by atoms with Crippen molar-refractivity contribution in [1.82, 2.24) is 5.32 Å². The Labute approximate surface area is 219 Å². The van der Waals surface area contributed by atoms with Gasteiger partial charge in [0.2, 0.25) is 5.91 Å². The minimum Gasteiger partial charge on any atom is -0.405 e. The first-order valence-corrected chi connectivity index (χ1v) is 12.8. The van der Waals surface area contributed by atoms with Crippen LogP contribution in [-0.4, -0.2) is 43.0 Å². The van der Waals surface area contributed by atoms with Crippen LogP contribution < -0.4 is 11.1 Å². The Morgan fingerprint density at radius 3 is 2.44 bits per heavy atom. The minimum absolute atomic E-state index is 0. The molecular weight excluding hydrogens is 492 g/mol. The molecule has 0 spiro atoms. The van der Waals surface area contributed by atoms with Crippen molar-refractivity contribution in [3.05, 3.63) is 35.9 Å². The molecule has 1 aromatic rings. The average Bonchev–Trinajstić information content (AvgIpc) is 3.14. The van der Waals surface area contributed by atoms with Gasteiger partial charge in [-0.05, 0) is 55.4 Å². The molecule has 3 saturated carbocycles. The van der Waals surface area contributed by atoms with Crippen LogP contribution in [0.25, 0.3) is 0 Å². The van der Waals surface area contributed by atoms with E-state index >= 15 is 0 Å². The lowest BCUT2D eigenvalue weighted by molar-refractivity contribution is -0.199. The van der Waals surface area contributed by atoms with Gasteiger partial charge >= 0.3 is 13.3 Å². The van der Waals surface area contributed by atoms with E-state index in [-0.39, 0.29) is 30.3 Å². The maximum absolute atomic E-state index is 13.4. The number of nitrogens with one attached hydrogen (secondary N) is 1. The Morgan fingerprint density at radius 2 is 1.89 bits per heavy atom. The van der Waals surface area contributed by atoms with Crippen molar-refractivity contribution < 1.29 is 27.3 Å². The Morgan fingerprint density at radius 1 is 1.22 bits per heavy atom. The van der Waals surface area contributed by atoms with Crippen molar-refractivity contribution in [3.8, 4) is 0 Å². The van der Waals surface area contributed by atoms with Gasteiger partial charge in [0.05, 0.1) is 23.8 Å². The summed E-state index contributed by atoms with van der Waals surface area (Å²) in [5.74, 6) is -0.695. The third-order valence-corrected chi connectivity index (χ3v) is 9.20. The molecule has 1 aromatic carbocycles. The number of benzene rings is 1. The van der Waals surface area contributed by atoms with Crippen LogP contribution in [0.5, 0.6) is 0 Å². The van der Waals surface area contributed by atoms with Gasteiger partial charge in [0.25, 0.3) is 0 Å². The van der Waals surface area contributed by atoms with E-state index in [1.165, 1.54) is 0 Å². The van der Waals surface area contributed by atoms with Crippen LogP contribution in [0.4, 0.5) is 13.2 Å². The summed E-state index contributed by atoms with van der Waals surface area (Å²) in [6.07, 6.45) is -0.992. The number of carbonyl (C=O) groups excluding carboxylic acids is 1. The van der Waals surface area contributed by atoms with E-state index in [0.717, 1.165) is 18.4 Å². The molecular formula is C26H39BClF3N2O3. The summed E-state index contributed by atoms with van der Waals surface area (Å²) in [4.78, 5) is 13.1. The first kappa shape index (κ1) is 29.3. The molecule has 5 nitrogen and oxygen atoms in total. The first-order valence-electron chi connectivity index (χ1n) is 12.8. The molecule has 1 saturated heterocycles. The van der Waals surface area contributed by atoms with Gasteiger partial charge in [-0.25, -0.2) is 0 Å². The molecule has 5 rings (SSSR count). The molecule has 3 N–H and O–H groups in total.